The van der Waals surface area contributed by atoms with Crippen molar-refractivity contribution >= 4 is 5.91 Å². The molecule has 2 rings (SSSR count). The number of nitrogens with one attached hydrogen (secondary N) is 1. The second-order valence-corrected chi connectivity index (χ2v) is 4.91. The first-order valence-corrected chi connectivity index (χ1v) is 7.06. The van der Waals surface area contributed by atoms with Crippen LogP contribution in [0.2, 0.25) is 0 Å². The molecule has 2 aromatic rings. The predicted molar refractivity (Wildman–Crippen MR) is 81.0 cm³/mol. The molecule has 0 saturated heterocycles. The summed E-state index contributed by atoms with van der Waals surface area (Å²) >= 11 is 0. The molecular weight excluding hydrogens is 304 g/mol. The summed E-state index contributed by atoms with van der Waals surface area (Å²) in [4.78, 5) is 12.0. The number of halogens is 2. The van der Waals surface area contributed by atoms with E-state index in [0.29, 0.717) is 12.1 Å². The molecule has 0 heterocycles. The molecule has 23 heavy (non-hydrogen) atoms. The number of hydrogen-bond acceptors (Lipinski definition) is 3. The smallest absolute Gasteiger partial charge is 0.387 e. The maximum Gasteiger partial charge on any atom is 0.387 e. The van der Waals surface area contributed by atoms with Gasteiger partial charge in [0.1, 0.15) is 5.75 Å². The molecule has 0 aromatic heterocycles. The average molecular weight is 321 g/mol. The van der Waals surface area contributed by atoms with Gasteiger partial charge in [0.25, 0.3) is 0 Å². The molecule has 0 aliphatic heterocycles. The largest absolute Gasteiger partial charge is 0.435 e. The van der Waals surface area contributed by atoms with Crippen molar-refractivity contribution in [3.8, 4) is 5.75 Å². The summed E-state index contributed by atoms with van der Waals surface area (Å²) in [6, 6.07) is 13.3. The van der Waals surface area contributed by atoms with E-state index in [2.05, 4.69) is 10.1 Å². The Kier molecular flexibility index (Phi) is 6.05. The van der Waals surface area contributed by atoms with Crippen molar-refractivity contribution in [2.45, 2.75) is 26.2 Å². The number of ether oxygens (including phenoxy) is 1. The van der Waals surface area contributed by atoms with Gasteiger partial charge in [-0.25, -0.2) is 0 Å². The third-order valence-corrected chi connectivity index (χ3v) is 3.25. The van der Waals surface area contributed by atoms with Crippen LogP contribution in [0, 0.1) is 0 Å². The maximum atomic E-state index is 12.2. The quantitative estimate of drug-likeness (QED) is 0.824. The lowest BCUT2D eigenvalue weighted by atomic mass is 10.1. The zero-order chi connectivity index (χ0) is 16.7. The van der Waals surface area contributed by atoms with Gasteiger partial charge in [0.15, 0.2) is 0 Å². The van der Waals surface area contributed by atoms with Gasteiger partial charge in [-0.05, 0) is 28.8 Å². The van der Waals surface area contributed by atoms with Gasteiger partial charge >= 0.3 is 6.61 Å². The summed E-state index contributed by atoms with van der Waals surface area (Å²) in [7, 11) is 0. The maximum absolute atomic E-state index is 12.2. The Balaban J connectivity index is 1.92. The lowest BCUT2D eigenvalue weighted by Gasteiger charge is -2.10. The Morgan fingerprint density at radius 2 is 1.87 bits per heavy atom. The van der Waals surface area contributed by atoms with Gasteiger partial charge in [-0.1, -0.05) is 36.4 Å². The highest BCUT2D eigenvalue weighted by Crippen LogP contribution is 2.16. The van der Waals surface area contributed by atoms with Crippen LogP contribution < -0.4 is 10.1 Å². The molecule has 2 N–H and O–H groups in total. The number of carbonyl (C=O) groups excluding carboxylic acids is 1. The van der Waals surface area contributed by atoms with Crippen LogP contribution in [-0.2, 0) is 24.4 Å². The van der Waals surface area contributed by atoms with E-state index >= 15 is 0 Å². The molecule has 0 radical (unpaired) electrons. The predicted octanol–water partition coefficient (Wildman–Crippen LogP) is 2.64. The highest BCUT2D eigenvalue weighted by Gasteiger charge is 2.08. The van der Waals surface area contributed by atoms with E-state index in [1.54, 1.807) is 18.2 Å². The lowest BCUT2D eigenvalue weighted by molar-refractivity contribution is -0.120. The molecule has 0 saturated carbocycles. The monoisotopic (exact) mass is 321 g/mol. The fourth-order valence-electron chi connectivity index (χ4n) is 2.16. The molecule has 0 fully saturated rings. The molecule has 6 heteroatoms. The van der Waals surface area contributed by atoms with Crippen molar-refractivity contribution in [1.82, 2.24) is 5.32 Å². The minimum Gasteiger partial charge on any atom is -0.435 e. The van der Waals surface area contributed by atoms with Gasteiger partial charge in [0.05, 0.1) is 13.0 Å². The molecule has 0 spiro atoms. The standard InChI is InChI=1S/C17H17F2NO3/c18-17(19)23-15-7-3-4-12(8-15)9-16(22)20-10-13-5-1-2-6-14(13)11-21/h1-8,17,21H,9-11H2,(H,20,22). The van der Waals surface area contributed by atoms with Crippen molar-refractivity contribution in [2.24, 2.45) is 0 Å². The minimum atomic E-state index is -2.89. The van der Waals surface area contributed by atoms with Crippen molar-refractivity contribution in [3.05, 3.63) is 65.2 Å². The van der Waals surface area contributed by atoms with Crippen LogP contribution in [0.1, 0.15) is 16.7 Å². The Hall–Kier alpha value is -2.47. The second kappa shape index (κ2) is 8.24. The molecule has 0 aliphatic carbocycles. The molecular formula is C17H17F2NO3. The number of alkyl halides is 2. The van der Waals surface area contributed by atoms with E-state index in [1.807, 2.05) is 18.2 Å². The zero-order valence-corrected chi connectivity index (χ0v) is 12.3. The Morgan fingerprint density at radius 3 is 2.57 bits per heavy atom. The van der Waals surface area contributed by atoms with E-state index in [4.69, 9.17) is 0 Å². The molecule has 2 aromatic carbocycles. The first-order chi connectivity index (χ1) is 11.1. The lowest BCUT2D eigenvalue weighted by Crippen LogP contribution is -2.25. The van der Waals surface area contributed by atoms with Crippen LogP contribution in [0.15, 0.2) is 48.5 Å². The zero-order valence-electron chi connectivity index (χ0n) is 12.3. The third kappa shape index (κ3) is 5.34. The summed E-state index contributed by atoms with van der Waals surface area (Å²) in [6.07, 6.45) is 0.0573. The van der Waals surface area contributed by atoms with Crippen LogP contribution in [0.3, 0.4) is 0 Å². The normalized spacial score (nSPS) is 10.6. The van der Waals surface area contributed by atoms with Crippen LogP contribution in [-0.4, -0.2) is 17.6 Å². The van der Waals surface area contributed by atoms with E-state index in [0.717, 1.165) is 11.1 Å². The summed E-state index contributed by atoms with van der Waals surface area (Å²) in [5, 5.41) is 12.0. The number of benzene rings is 2. The number of carbonyl (C=O) groups is 1. The van der Waals surface area contributed by atoms with Crippen molar-refractivity contribution in [2.75, 3.05) is 0 Å². The van der Waals surface area contributed by atoms with Gasteiger partial charge in [-0.3, -0.25) is 4.79 Å². The van der Waals surface area contributed by atoms with Gasteiger partial charge in [0, 0.05) is 6.54 Å². The molecule has 0 aliphatic rings. The van der Waals surface area contributed by atoms with E-state index in [1.165, 1.54) is 12.1 Å². The Labute approximate surface area is 132 Å². The fourth-order valence-corrected chi connectivity index (χ4v) is 2.16. The molecule has 122 valence electrons. The first-order valence-electron chi connectivity index (χ1n) is 7.06. The Morgan fingerprint density at radius 1 is 1.13 bits per heavy atom. The summed E-state index contributed by atoms with van der Waals surface area (Å²) in [5.41, 5.74) is 2.16. The summed E-state index contributed by atoms with van der Waals surface area (Å²) in [5.74, 6) is -0.220. The molecule has 0 atom stereocenters. The van der Waals surface area contributed by atoms with Crippen LogP contribution in [0.4, 0.5) is 8.78 Å². The summed E-state index contributed by atoms with van der Waals surface area (Å²) < 4.78 is 28.6. The van der Waals surface area contributed by atoms with Gasteiger partial charge < -0.3 is 15.2 Å². The number of aliphatic hydroxyl groups excluding tert-OH is 1. The molecule has 4 nitrogen and oxygen atoms in total. The van der Waals surface area contributed by atoms with Gasteiger partial charge in [-0.15, -0.1) is 0 Å². The molecule has 1 amide bonds. The number of rotatable bonds is 7. The van der Waals surface area contributed by atoms with Crippen molar-refractivity contribution in [3.63, 3.8) is 0 Å². The Bertz CT molecular complexity index is 662. The molecule has 0 bridgehead atoms. The average Bonchev–Trinajstić information content (AvgIpc) is 2.53. The van der Waals surface area contributed by atoms with Gasteiger partial charge in [0.2, 0.25) is 5.91 Å². The topological polar surface area (TPSA) is 58.6 Å². The van der Waals surface area contributed by atoms with Crippen LogP contribution >= 0.6 is 0 Å². The highest BCUT2D eigenvalue weighted by atomic mass is 19.3. The number of hydrogen-bond donors (Lipinski definition) is 2. The molecule has 0 unspecified atom stereocenters. The van der Waals surface area contributed by atoms with E-state index < -0.39 is 6.61 Å². The fraction of sp³-hybridized carbons (Fsp3) is 0.235. The minimum absolute atomic E-state index is 0.0240. The second-order valence-electron chi connectivity index (χ2n) is 4.91. The van der Waals surface area contributed by atoms with Gasteiger partial charge in [-0.2, -0.15) is 8.78 Å². The highest BCUT2D eigenvalue weighted by molar-refractivity contribution is 5.78. The van der Waals surface area contributed by atoms with Crippen LogP contribution in [0.5, 0.6) is 5.75 Å². The van der Waals surface area contributed by atoms with Crippen LogP contribution in [0.25, 0.3) is 0 Å². The van der Waals surface area contributed by atoms with E-state index in [-0.39, 0.29) is 24.7 Å². The summed E-state index contributed by atoms with van der Waals surface area (Å²) in [6.45, 7) is -2.70. The number of aliphatic hydroxyl groups is 1. The third-order valence-electron chi connectivity index (χ3n) is 3.25. The van der Waals surface area contributed by atoms with E-state index in [9.17, 15) is 18.7 Å². The van der Waals surface area contributed by atoms with Crippen molar-refractivity contribution < 1.29 is 23.4 Å². The first kappa shape index (κ1) is 16.9. The SMILES string of the molecule is O=C(Cc1cccc(OC(F)F)c1)NCc1ccccc1CO. The number of amides is 1. The van der Waals surface area contributed by atoms with Crippen molar-refractivity contribution in [1.29, 1.82) is 0 Å².